The van der Waals surface area contributed by atoms with Crippen LogP contribution in [0, 0.1) is 0 Å². The number of esters is 3. The number of rotatable bonds is 60. The van der Waals surface area contributed by atoms with E-state index in [0.717, 1.165) is 148 Å². The summed E-state index contributed by atoms with van der Waals surface area (Å²) in [5.41, 5.74) is 0. The highest BCUT2D eigenvalue weighted by Gasteiger charge is 2.19. The number of carbonyl (C=O) groups excluding carboxylic acids is 3. The number of carbonyl (C=O) groups is 3. The van der Waals surface area contributed by atoms with Gasteiger partial charge in [-0.3, -0.25) is 14.4 Å². The van der Waals surface area contributed by atoms with E-state index in [0.29, 0.717) is 19.3 Å². The molecule has 1 atom stereocenters. The monoisotopic (exact) mass is 1110 g/mol. The van der Waals surface area contributed by atoms with Gasteiger partial charge in [0.25, 0.3) is 0 Å². The Kier molecular flexibility index (Phi) is 63.8. The summed E-state index contributed by atoms with van der Waals surface area (Å²) in [6.45, 7) is 6.47. The fourth-order valence-corrected chi connectivity index (χ4v) is 9.20. The highest BCUT2D eigenvalue weighted by atomic mass is 16.6. The second-order valence-corrected chi connectivity index (χ2v) is 22.0. The van der Waals surface area contributed by atoms with Gasteiger partial charge in [0, 0.05) is 19.3 Å². The first-order chi connectivity index (χ1) is 39.5. The molecule has 0 fully saturated rings. The van der Waals surface area contributed by atoms with Crippen LogP contribution in [-0.4, -0.2) is 37.2 Å². The lowest BCUT2D eigenvalue weighted by Gasteiger charge is -2.18. The highest BCUT2D eigenvalue weighted by molar-refractivity contribution is 5.71. The summed E-state index contributed by atoms with van der Waals surface area (Å²) in [4.78, 5) is 38.3. The first-order valence-electron chi connectivity index (χ1n) is 33.5. The number of unbranched alkanes of at least 4 members (excludes halogenated alkanes) is 29. The number of hydrogen-bond donors (Lipinski definition) is 0. The SMILES string of the molecule is CC/C=C\C/C=C\C/C=C\C/C=C\C/C=C\C/C=C\C/C=C\C/C=C\CCCCCCCCCCC(=O)OCC(COC(=O)CCCCCCC/C=C\C/C=C\CCC)OC(=O)CCCCCCCCCCCCCCCCCC. The Hall–Kier alpha value is -4.19. The van der Waals surface area contributed by atoms with Crippen molar-refractivity contribution in [2.75, 3.05) is 13.2 Å². The van der Waals surface area contributed by atoms with Crippen LogP contribution in [-0.2, 0) is 28.6 Å². The van der Waals surface area contributed by atoms with Crippen LogP contribution in [0.25, 0.3) is 0 Å². The molecule has 6 nitrogen and oxygen atoms in total. The molecular formula is C74H124O6. The van der Waals surface area contributed by atoms with E-state index in [-0.39, 0.29) is 31.1 Å². The molecule has 0 bridgehead atoms. The molecule has 0 aliphatic heterocycles. The smallest absolute Gasteiger partial charge is 0.306 e. The molecule has 0 aromatic heterocycles. The third-order valence-corrected chi connectivity index (χ3v) is 14.2. The topological polar surface area (TPSA) is 78.9 Å². The number of hydrogen-bond acceptors (Lipinski definition) is 6. The maximum atomic E-state index is 12.9. The Morgan fingerprint density at radius 3 is 0.812 bits per heavy atom. The molecule has 0 N–H and O–H groups in total. The van der Waals surface area contributed by atoms with Crippen LogP contribution in [0.1, 0.15) is 310 Å². The van der Waals surface area contributed by atoms with E-state index in [1.807, 2.05) is 0 Å². The van der Waals surface area contributed by atoms with Crippen molar-refractivity contribution in [1.82, 2.24) is 0 Å². The summed E-state index contributed by atoms with van der Waals surface area (Å²) in [5.74, 6) is -0.899. The Bertz CT molecular complexity index is 1650. The largest absolute Gasteiger partial charge is 0.462 e. The molecular weight excluding hydrogens is 985 g/mol. The number of ether oxygens (including phenoxy) is 3. The van der Waals surface area contributed by atoms with Crippen LogP contribution in [0.4, 0.5) is 0 Å². The Labute approximate surface area is 494 Å². The first kappa shape index (κ1) is 75.8. The van der Waals surface area contributed by atoms with Crippen molar-refractivity contribution in [3.63, 3.8) is 0 Å². The van der Waals surface area contributed by atoms with Crippen molar-refractivity contribution in [2.24, 2.45) is 0 Å². The van der Waals surface area contributed by atoms with Crippen LogP contribution in [0.5, 0.6) is 0 Å². The van der Waals surface area contributed by atoms with Crippen LogP contribution in [0.2, 0.25) is 0 Å². The van der Waals surface area contributed by atoms with Crippen LogP contribution in [0.3, 0.4) is 0 Å². The third kappa shape index (κ3) is 64.6. The Morgan fingerprint density at radius 2 is 0.512 bits per heavy atom. The fraction of sp³-hybridized carbons (Fsp3) is 0.689. The molecule has 0 aliphatic rings. The average molecular weight is 1110 g/mol. The molecule has 80 heavy (non-hydrogen) atoms. The van der Waals surface area contributed by atoms with Gasteiger partial charge in [0.05, 0.1) is 0 Å². The van der Waals surface area contributed by atoms with Gasteiger partial charge >= 0.3 is 17.9 Å². The Balaban J connectivity index is 4.27. The second-order valence-electron chi connectivity index (χ2n) is 22.0. The van der Waals surface area contributed by atoms with Crippen LogP contribution in [0.15, 0.2) is 122 Å². The second kappa shape index (κ2) is 67.3. The zero-order chi connectivity index (χ0) is 57.8. The zero-order valence-electron chi connectivity index (χ0n) is 52.3. The molecule has 0 amide bonds. The van der Waals surface area contributed by atoms with Gasteiger partial charge in [-0.05, 0) is 109 Å². The van der Waals surface area contributed by atoms with E-state index in [1.165, 1.54) is 122 Å². The molecule has 0 saturated carbocycles. The van der Waals surface area contributed by atoms with Crippen LogP contribution >= 0.6 is 0 Å². The fourth-order valence-electron chi connectivity index (χ4n) is 9.20. The van der Waals surface area contributed by atoms with Gasteiger partial charge in [-0.1, -0.05) is 303 Å². The van der Waals surface area contributed by atoms with Gasteiger partial charge in [0.1, 0.15) is 13.2 Å². The predicted molar refractivity (Wildman–Crippen MR) is 348 cm³/mol. The minimum atomic E-state index is -0.788. The summed E-state index contributed by atoms with van der Waals surface area (Å²) in [5, 5.41) is 0. The third-order valence-electron chi connectivity index (χ3n) is 14.2. The predicted octanol–water partition coefficient (Wildman–Crippen LogP) is 23.2. The van der Waals surface area contributed by atoms with Crippen molar-refractivity contribution in [3.05, 3.63) is 122 Å². The van der Waals surface area contributed by atoms with Crippen LogP contribution < -0.4 is 0 Å². The van der Waals surface area contributed by atoms with E-state index < -0.39 is 6.10 Å². The lowest BCUT2D eigenvalue weighted by atomic mass is 10.0. The highest BCUT2D eigenvalue weighted by Crippen LogP contribution is 2.16. The van der Waals surface area contributed by atoms with E-state index in [4.69, 9.17) is 14.2 Å². The van der Waals surface area contributed by atoms with Gasteiger partial charge in [-0.15, -0.1) is 0 Å². The summed E-state index contributed by atoms with van der Waals surface area (Å²) in [6, 6.07) is 0. The standard InChI is InChI=1S/C74H124O6/c1-4-7-10-13-16-19-22-25-27-29-30-31-32-33-34-35-36-37-38-39-40-41-42-43-44-45-47-49-52-55-58-61-64-67-73(76)79-70-71(69-78-72(75)66-63-60-57-54-51-48-24-21-18-15-12-9-6-3)80-74(77)68-65-62-59-56-53-50-46-28-26-23-20-17-14-11-8-5-2/h7,10,12,15-16,19,21,24-25,27,30-31,33-34,36-37,39-40,42-43,71H,4-6,8-9,11,13-14,17-18,20,22-23,26,28-29,32,35,38,41,44-70H2,1-3H3/b10-7-,15-12-,19-16-,24-21-,27-25-,31-30-,34-33-,37-36-,40-39-,43-42-. The maximum Gasteiger partial charge on any atom is 0.306 e. The molecule has 0 heterocycles. The van der Waals surface area contributed by atoms with Crippen molar-refractivity contribution in [2.45, 2.75) is 316 Å². The van der Waals surface area contributed by atoms with Gasteiger partial charge in [-0.2, -0.15) is 0 Å². The molecule has 1 unspecified atom stereocenters. The summed E-state index contributed by atoms with van der Waals surface area (Å²) < 4.78 is 16.9. The van der Waals surface area contributed by atoms with E-state index in [2.05, 4.69) is 142 Å². The lowest BCUT2D eigenvalue weighted by Crippen LogP contribution is -2.30. The van der Waals surface area contributed by atoms with Crippen molar-refractivity contribution in [1.29, 1.82) is 0 Å². The molecule has 0 aliphatic carbocycles. The zero-order valence-corrected chi connectivity index (χ0v) is 52.3. The summed E-state index contributed by atoms with van der Waals surface area (Å²) in [6.07, 6.45) is 93.5. The molecule has 456 valence electrons. The van der Waals surface area contributed by atoms with E-state index in [9.17, 15) is 14.4 Å². The molecule has 0 radical (unpaired) electrons. The maximum absolute atomic E-state index is 12.9. The molecule has 0 aromatic rings. The van der Waals surface area contributed by atoms with Crippen molar-refractivity contribution < 1.29 is 28.6 Å². The Morgan fingerprint density at radius 1 is 0.263 bits per heavy atom. The quantitative estimate of drug-likeness (QED) is 0.0261. The first-order valence-corrected chi connectivity index (χ1v) is 33.5. The van der Waals surface area contributed by atoms with Gasteiger partial charge < -0.3 is 14.2 Å². The number of allylic oxidation sites excluding steroid dienone is 20. The molecule has 6 heteroatoms. The van der Waals surface area contributed by atoms with Gasteiger partial charge in [0.2, 0.25) is 0 Å². The lowest BCUT2D eigenvalue weighted by molar-refractivity contribution is -0.167. The van der Waals surface area contributed by atoms with E-state index in [1.54, 1.807) is 0 Å². The molecule has 0 aromatic carbocycles. The average Bonchev–Trinajstić information content (AvgIpc) is 3.46. The minimum absolute atomic E-state index is 0.0861. The van der Waals surface area contributed by atoms with Gasteiger partial charge in [0.15, 0.2) is 6.10 Å². The normalized spacial score (nSPS) is 12.9. The van der Waals surface area contributed by atoms with E-state index >= 15 is 0 Å². The van der Waals surface area contributed by atoms with Crippen molar-refractivity contribution in [3.8, 4) is 0 Å². The van der Waals surface area contributed by atoms with Crippen molar-refractivity contribution >= 4 is 17.9 Å². The summed E-state index contributed by atoms with van der Waals surface area (Å²) in [7, 11) is 0. The molecule has 0 saturated heterocycles. The minimum Gasteiger partial charge on any atom is -0.462 e. The summed E-state index contributed by atoms with van der Waals surface area (Å²) >= 11 is 0. The molecule has 0 spiro atoms. The molecule has 0 rings (SSSR count). The van der Waals surface area contributed by atoms with Gasteiger partial charge in [-0.25, -0.2) is 0 Å².